The molecule has 0 fully saturated rings. The highest BCUT2D eigenvalue weighted by atomic mass is 32.2. The SMILES string of the molecule is CCSc1nc(NCC(C)C)c2cnn(CCNC(=O)c3ccc(OC(C)C)cc3)c2n1. The summed E-state index contributed by atoms with van der Waals surface area (Å²) >= 11 is 1.60. The summed E-state index contributed by atoms with van der Waals surface area (Å²) in [5.74, 6) is 2.81. The van der Waals surface area contributed by atoms with Gasteiger partial charge in [-0.2, -0.15) is 5.10 Å². The fraction of sp³-hybridized carbons (Fsp3) is 0.478. The van der Waals surface area contributed by atoms with Crippen LogP contribution in [0.3, 0.4) is 0 Å². The largest absolute Gasteiger partial charge is 0.491 e. The van der Waals surface area contributed by atoms with E-state index in [-0.39, 0.29) is 12.0 Å². The molecular weight excluding hydrogens is 424 g/mol. The first-order valence-electron chi connectivity index (χ1n) is 11.0. The summed E-state index contributed by atoms with van der Waals surface area (Å²) < 4.78 is 7.44. The number of benzene rings is 1. The Balaban J connectivity index is 1.67. The second-order valence-electron chi connectivity index (χ2n) is 8.11. The number of ether oxygens (including phenoxy) is 1. The molecule has 0 aliphatic rings. The lowest BCUT2D eigenvalue weighted by Gasteiger charge is -2.11. The van der Waals surface area contributed by atoms with Crippen molar-refractivity contribution in [1.82, 2.24) is 25.1 Å². The van der Waals surface area contributed by atoms with Gasteiger partial charge in [0.25, 0.3) is 5.91 Å². The van der Waals surface area contributed by atoms with Gasteiger partial charge in [0.15, 0.2) is 10.8 Å². The van der Waals surface area contributed by atoms with Crippen LogP contribution < -0.4 is 15.4 Å². The normalized spacial score (nSPS) is 11.3. The summed E-state index contributed by atoms with van der Waals surface area (Å²) in [6.45, 7) is 12.1. The molecule has 8 nitrogen and oxygen atoms in total. The second-order valence-corrected chi connectivity index (χ2v) is 9.35. The fourth-order valence-electron chi connectivity index (χ4n) is 3.06. The molecule has 3 rings (SSSR count). The zero-order chi connectivity index (χ0) is 23.1. The first-order valence-corrected chi connectivity index (χ1v) is 12.0. The number of aromatic nitrogens is 4. The van der Waals surface area contributed by atoms with Crippen LogP contribution in [0.2, 0.25) is 0 Å². The lowest BCUT2D eigenvalue weighted by atomic mass is 10.2. The van der Waals surface area contributed by atoms with Gasteiger partial charge >= 0.3 is 0 Å². The summed E-state index contributed by atoms with van der Waals surface area (Å²) in [5, 5.41) is 12.5. The van der Waals surface area contributed by atoms with Gasteiger partial charge in [-0.1, -0.05) is 32.5 Å². The predicted molar refractivity (Wildman–Crippen MR) is 130 cm³/mol. The smallest absolute Gasteiger partial charge is 0.251 e. The molecule has 2 aromatic heterocycles. The lowest BCUT2D eigenvalue weighted by molar-refractivity contribution is 0.0952. The second kappa shape index (κ2) is 11.2. The number of nitrogens with one attached hydrogen (secondary N) is 2. The summed E-state index contributed by atoms with van der Waals surface area (Å²) in [4.78, 5) is 21.8. The Bertz CT molecular complexity index is 1030. The van der Waals surface area contributed by atoms with Crippen LogP contribution in [0.5, 0.6) is 5.75 Å². The van der Waals surface area contributed by atoms with E-state index in [1.54, 1.807) is 30.1 Å². The van der Waals surface area contributed by atoms with Crippen LogP contribution in [0.15, 0.2) is 35.6 Å². The molecule has 3 aromatic rings. The zero-order valence-corrected chi connectivity index (χ0v) is 20.2. The molecule has 0 saturated heterocycles. The third-order valence-electron chi connectivity index (χ3n) is 4.52. The van der Waals surface area contributed by atoms with Gasteiger partial charge in [-0.3, -0.25) is 4.79 Å². The molecule has 1 amide bonds. The van der Waals surface area contributed by atoms with Crippen molar-refractivity contribution in [3.8, 4) is 5.75 Å². The van der Waals surface area contributed by atoms with Crippen molar-refractivity contribution in [1.29, 1.82) is 0 Å². The molecule has 0 unspecified atom stereocenters. The van der Waals surface area contributed by atoms with Gasteiger partial charge in [-0.25, -0.2) is 14.6 Å². The van der Waals surface area contributed by atoms with Crippen LogP contribution >= 0.6 is 11.8 Å². The molecule has 1 aromatic carbocycles. The quantitative estimate of drug-likeness (QED) is 0.329. The number of thioether (sulfide) groups is 1. The molecular formula is C23H32N6O2S. The van der Waals surface area contributed by atoms with Crippen LogP contribution in [-0.4, -0.2) is 50.6 Å². The van der Waals surface area contributed by atoms with Crippen molar-refractivity contribution in [2.75, 3.05) is 24.2 Å². The van der Waals surface area contributed by atoms with Crippen molar-refractivity contribution >= 4 is 34.5 Å². The van der Waals surface area contributed by atoms with E-state index in [4.69, 9.17) is 4.74 Å². The van der Waals surface area contributed by atoms with Crippen LogP contribution in [0.1, 0.15) is 45.0 Å². The molecule has 0 aliphatic carbocycles. The molecule has 2 N–H and O–H groups in total. The number of rotatable bonds is 11. The first kappa shape index (κ1) is 23.8. The lowest BCUT2D eigenvalue weighted by Crippen LogP contribution is -2.27. The van der Waals surface area contributed by atoms with Crippen LogP contribution in [0.25, 0.3) is 11.0 Å². The van der Waals surface area contributed by atoms with Gasteiger partial charge in [0.05, 0.1) is 24.2 Å². The first-order chi connectivity index (χ1) is 15.4. The Morgan fingerprint density at radius 1 is 1.16 bits per heavy atom. The minimum atomic E-state index is -0.131. The van der Waals surface area contributed by atoms with E-state index in [0.717, 1.165) is 40.1 Å². The van der Waals surface area contributed by atoms with Gasteiger partial charge in [0.1, 0.15) is 11.6 Å². The molecule has 0 saturated carbocycles. The minimum absolute atomic E-state index is 0.0970. The van der Waals surface area contributed by atoms with E-state index in [0.29, 0.717) is 24.6 Å². The summed E-state index contributed by atoms with van der Waals surface area (Å²) in [7, 11) is 0. The van der Waals surface area contributed by atoms with E-state index < -0.39 is 0 Å². The Labute approximate surface area is 193 Å². The molecule has 0 radical (unpaired) electrons. The number of fused-ring (bicyclic) bond motifs is 1. The van der Waals surface area contributed by atoms with E-state index in [2.05, 4.69) is 46.5 Å². The Morgan fingerprint density at radius 3 is 2.56 bits per heavy atom. The van der Waals surface area contributed by atoms with Gasteiger partial charge in [0, 0.05) is 18.7 Å². The molecule has 9 heteroatoms. The highest BCUT2D eigenvalue weighted by Crippen LogP contribution is 2.24. The van der Waals surface area contributed by atoms with Gasteiger partial charge in [-0.05, 0) is 49.8 Å². The summed E-state index contributed by atoms with van der Waals surface area (Å²) in [6, 6.07) is 7.16. The maximum atomic E-state index is 12.5. The summed E-state index contributed by atoms with van der Waals surface area (Å²) in [6.07, 6.45) is 1.88. The van der Waals surface area contributed by atoms with Crippen molar-refractivity contribution < 1.29 is 9.53 Å². The number of nitrogens with zero attached hydrogens (tertiary/aromatic N) is 4. The number of anilines is 1. The van der Waals surface area contributed by atoms with Crippen molar-refractivity contribution in [3.63, 3.8) is 0 Å². The van der Waals surface area contributed by atoms with E-state index in [9.17, 15) is 4.79 Å². The zero-order valence-electron chi connectivity index (χ0n) is 19.4. The summed E-state index contributed by atoms with van der Waals surface area (Å²) in [5.41, 5.74) is 1.36. The Kier molecular flexibility index (Phi) is 8.33. The number of carbonyl (C=O) groups is 1. The Hall–Kier alpha value is -2.81. The third kappa shape index (κ3) is 6.35. The topological polar surface area (TPSA) is 94.0 Å². The number of hydrogen-bond donors (Lipinski definition) is 2. The van der Waals surface area contributed by atoms with E-state index >= 15 is 0 Å². The Morgan fingerprint density at radius 2 is 1.91 bits per heavy atom. The van der Waals surface area contributed by atoms with Crippen LogP contribution in [-0.2, 0) is 6.54 Å². The van der Waals surface area contributed by atoms with E-state index in [1.807, 2.05) is 30.7 Å². The van der Waals surface area contributed by atoms with Gasteiger partial charge < -0.3 is 15.4 Å². The monoisotopic (exact) mass is 456 g/mol. The number of hydrogen-bond acceptors (Lipinski definition) is 7. The fourth-order valence-corrected chi connectivity index (χ4v) is 3.63. The third-order valence-corrected chi connectivity index (χ3v) is 5.25. The molecule has 172 valence electrons. The average molecular weight is 457 g/mol. The predicted octanol–water partition coefficient (Wildman–Crippen LogP) is 4.22. The van der Waals surface area contributed by atoms with Crippen molar-refractivity contribution in [3.05, 3.63) is 36.0 Å². The minimum Gasteiger partial charge on any atom is -0.491 e. The van der Waals surface area contributed by atoms with E-state index in [1.165, 1.54) is 0 Å². The maximum absolute atomic E-state index is 12.5. The van der Waals surface area contributed by atoms with Gasteiger partial charge in [0.2, 0.25) is 0 Å². The van der Waals surface area contributed by atoms with Gasteiger partial charge in [-0.15, -0.1) is 0 Å². The maximum Gasteiger partial charge on any atom is 0.251 e. The van der Waals surface area contributed by atoms with Crippen molar-refractivity contribution in [2.45, 2.75) is 52.4 Å². The molecule has 0 aliphatic heterocycles. The van der Waals surface area contributed by atoms with Crippen LogP contribution in [0, 0.1) is 5.92 Å². The molecule has 0 atom stereocenters. The standard InChI is InChI=1S/C23H32N6O2S/c1-6-32-23-27-20(25-13-15(2)3)19-14-26-29(21(19)28-23)12-11-24-22(30)17-7-9-18(10-8-17)31-16(4)5/h7-10,14-16H,6,11-13H2,1-5H3,(H,24,30)(H,25,27,28). The highest BCUT2D eigenvalue weighted by Gasteiger charge is 2.14. The molecule has 2 heterocycles. The molecule has 0 spiro atoms. The van der Waals surface area contributed by atoms with Crippen molar-refractivity contribution in [2.24, 2.45) is 5.92 Å². The average Bonchev–Trinajstić information content (AvgIpc) is 3.15. The number of amides is 1. The molecule has 32 heavy (non-hydrogen) atoms. The molecule has 0 bridgehead atoms. The highest BCUT2D eigenvalue weighted by molar-refractivity contribution is 7.99. The van der Waals surface area contributed by atoms with Crippen LogP contribution in [0.4, 0.5) is 5.82 Å². The number of carbonyl (C=O) groups excluding carboxylic acids is 1.